The predicted octanol–water partition coefficient (Wildman–Crippen LogP) is 3.63. The van der Waals surface area contributed by atoms with E-state index in [1.807, 2.05) is 11.8 Å². The average Bonchev–Trinajstić information content (AvgIpc) is 3.31. The van der Waals surface area contributed by atoms with Crippen molar-refractivity contribution < 1.29 is 4.79 Å². The molecule has 154 valence electrons. The molecule has 0 unspecified atom stereocenters. The van der Waals surface area contributed by atoms with E-state index < -0.39 is 0 Å². The molecular weight excluding hydrogens is 384 g/mol. The molecule has 1 aromatic rings. The van der Waals surface area contributed by atoms with Gasteiger partial charge in [0.2, 0.25) is 11.9 Å². The summed E-state index contributed by atoms with van der Waals surface area (Å²) in [4.78, 5) is 22.5. The summed E-state index contributed by atoms with van der Waals surface area (Å²) in [5, 5.41) is 19.3. The maximum absolute atomic E-state index is 11.7. The van der Waals surface area contributed by atoms with Crippen LogP contribution in [0.2, 0.25) is 0 Å². The Morgan fingerprint density at radius 3 is 2.86 bits per heavy atom. The number of amides is 1. The Morgan fingerprint density at radius 2 is 2.24 bits per heavy atom. The van der Waals surface area contributed by atoms with Crippen LogP contribution in [0.1, 0.15) is 51.3 Å². The standard InChI is InChI=1S/C21H28N6OS/c1-14-12-24-20(23-8-6-10-27-9-5-7-17(27)28)26-18(14)15(11-22)19-25-16(13-29-19)21(2,3)4/h12-13,25H,5-10H2,1-4H3,(H,23,24,26). The second-order valence-corrected chi connectivity index (χ2v) is 9.21. The molecule has 7 nitrogen and oxygen atoms in total. The van der Waals surface area contributed by atoms with E-state index in [0.29, 0.717) is 30.2 Å². The van der Waals surface area contributed by atoms with Gasteiger partial charge in [-0.25, -0.2) is 9.97 Å². The fraction of sp³-hybridized carbons (Fsp3) is 0.524. The number of allylic oxidation sites excluding steroid dienone is 2. The van der Waals surface area contributed by atoms with Crippen molar-refractivity contribution >= 4 is 29.2 Å². The maximum Gasteiger partial charge on any atom is 0.223 e. The molecule has 2 N–H and O–H groups in total. The number of carbonyl (C=O) groups excluding carboxylic acids is 1. The summed E-state index contributed by atoms with van der Waals surface area (Å²) in [5.41, 5.74) is 3.09. The smallest absolute Gasteiger partial charge is 0.223 e. The normalized spacial score (nSPS) is 18.4. The van der Waals surface area contributed by atoms with Crippen LogP contribution in [0.3, 0.4) is 0 Å². The zero-order valence-electron chi connectivity index (χ0n) is 17.5. The number of aromatic nitrogens is 2. The van der Waals surface area contributed by atoms with E-state index in [1.54, 1.807) is 6.20 Å². The van der Waals surface area contributed by atoms with Crippen LogP contribution in [0, 0.1) is 23.7 Å². The number of hydrogen-bond donors (Lipinski definition) is 2. The minimum atomic E-state index is -0.0144. The zero-order valence-corrected chi connectivity index (χ0v) is 18.3. The van der Waals surface area contributed by atoms with Gasteiger partial charge >= 0.3 is 0 Å². The topological polar surface area (TPSA) is 93.9 Å². The first-order chi connectivity index (χ1) is 13.8. The van der Waals surface area contributed by atoms with Crippen molar-refractivity contribution in [1.29, 1.82) is 5.26 Å². The molecule has 29 heavy (non-hydrogen) atoms. The van der Waals surface area contributed by atoms with Gasteiger partial charge in [0.1, 0.15) is 11.6 Å². The molecule has 8 heteroatoms. The lowest BCUT2D eigenvalue weighted by molar-refractivity contribution is -0.127. The minimum absolute atomic E-state index is 0.0144. The van der Waals surface area contributed by atoms with E-state index in [9.17, 15) is 10.1 Å². The van der Waals surface area contributed by atoms with Crippen LogP contribution in [-0.4, -0.2) is 40.4 Å². The number of thioether (sulfide) groups is 1. The van der Waals surface area contributed by atoms with Gasteiger partial charge < -0.3 is 15.5 Å². The minimum Gasteiger partial charge on any atom is -0.354 e. The molecule has 2 aliphatic heterocycles. The van der Waals surface area contributed by atoms with E-state index >= 15 is 0 Å². The molecule has 0 atom stereocenters. The van der Waals surface area contributed by atoms with E-state index in [2.05, 4.69) is 52.9 Å². The second-order valence-electron chi connectivity index (χ2n) is 8.33. The van der Waals surface area contributed by atoms with Gasteiger partial charge in [-0.3, -0.25) is 4.79 Å². The highest BCUT2D eigenvalue weighted by molar-refractivity contribution is 8.06. The van der Waals surface area contributed by atoms with Crippen LogP contribution in [0.15, 0.2) is 22.3 Å². The average molecular weight is 413 g/mol. The second kappa shape index (κ2) is 8.87. The third kappa shape index (κ3) is 5.10. The molecule has 0 spiro atoms. The first kappa shape index (κ1) is 21.2. The number of anilines is 1. The van der Waals surface area contributed by atoms with E-state index in [4.69, 9.17) is 0 Å². The van der Waals surface area contributed by atoms with Gasteiger partial charge in [0, 0.05) is 43.4 Å². The summed E-state index contributed by atoms with van der Waals surface area (Å²) in [7, 11) is 0. The summed E-state index contributed by atoms with van der Waals surface area (Å²) < 4.78 is 0. The highest BCUT2D eigenvalue weighted by Gasteiger charge is 2.25. The molecule has 1 aromatic heterocycles. The number of likely N-dealkylation sites (tertiary alicyclic amines) is 1. The van der Waals surface area contributed by atoms with E-state index in [0.717, 1.165) is 42.2 Å². The molecule has 1 fully saturated rings. The molecule has 3 rings (SSSR count). The summed E-state index contributed by atoms with van der Waals surface area (Å²) >= 11 is 1.52. The van der Waals surface area contributed by atoms with Crippen LogP contribution < -0.4 is 10.6 Å². The maximum atomic E-state index is 11.7. The third-order valence-corrected chi connectivity index (χ3v) is 5.85. The fourth-order valence-corrected chi connectivity index (χ4v) is 4.26. The van der Waals surface area contributed by atoms with Crippen molar-refractivity contribution in [1.82, 2.24) is 20.2 Å². The fourth-order valence-electron chi connectivity index (χ4n) is 3.19. The Hall–Kier alpha value is -2.53. The Bertz CT molecular complexity index is 893. The number of hydrogen-bond acceptors (Lipinski definition) is 7. The summed E-state index contributed by atoms with van der Waals surface area (Å²) in [6.07, 6.45) is 4.20. The summed E-state index contributed by atoms with van der Waals surface area (Å²) in [5.74, 6) is 0.743. The lowest BCUT2D eigenvalue weighted by atomic mass is 9.93. The van der Waals surface area contributed by atoms with Crippen molar-refractivity contribution in [2.75, 3.05) is 25.0 Å². The summed E-state index contributed by atoms with van der Waals surface area (Å²) in [6.45, 7) is 10.6. The van der Waals surface area contributed by atoms with Crippen LogP contribution in [0.5, 0.6) is 0 Å². The molecule has 0 aromatic carbocycles. The molecule has 0 saturated carbocycles. The largest absolute Gasteiger partial charge is 0.354 e. The van der Waals surface area contributed by atoms with Crippen LogP contribution in [0.25, 0.3) is 5.57 Å². The molecule has 0 bridgehead atoms. The van der Waals surface area contributed by atoms with Gasteiger partial charge in [0.25, 0.3) is 0 Å². The number of nitriles is 1. The highest BCUT2D eigenvalue weighted by atomic mass is 32.2. The SMILES string of the molecule is Cc1cnc(NCCCN2CCCC2=O)nc1C(C#N)=C1NC(C(C)(C)C)=CS1. The van der Waals surface area contributed by atoms with Gasteiger partial charge in [-0.2, -0.15) is 5.26 Å². The van der Waals surface area contributed by atoms with Gasteiger partial charge in [-0.05, 0) is 30.7 Å². The van der Waals surface area contributed by atoms with Gasteiger partial charge in [-0.1, -0.05) is 32.5 Å². The van der Waals surface area contributed by atoms with E-state index in [1.165, 1.54) is 11.8 Å². The molecule has 3 heterocycles. The van der Waals surface area contributed by atoms with Crippen molar-refractivity contribution in [3.05, 3.63) is 33.6 Å². The molecule has 2 aliphatic rings. The number of nitrogens with one attached hydrogen (secondary N) is 2. The van der Waals surface area contributed by atoms with Crippen LogP contribution in [0.4, 0.5) is 5.95 Å². The van der Waals surface area contributed by atoms with Crippen molar-refractivity contribution in [2.45, 2.75) is 47.0 Å². The quantitative estimate of drug-likeness (QED) is 0.544. The number of nitrogens with zero attached hydrogens (tertiary/aromatic N) is 4. The van der Waals surface area contributed by atoms with Gasteiger partial charge in [0.15, 0.2) is 0 Å². The molecule has 1 saturated heterocycles. The number of aryl methyl sites for hydroxylation is 1. The number of rotatable bonds is 6. The number of carbonyl (C=O) groups is 1. The van der Waals surface area contributed by atoms with Crippen molar-refractivity contribution in [3.63, 3.8) is 0 Å². The zero-order chi connectivity index (χ0) is 21.0. The molecule has 0 radical (unpaired) electrons. The van der Waals surface area contributed by atoms with Gasteiger partial charge in [-0.15, -0.1) is 0 Å². The monoisotopic (exact) mass is 412 g/mol. The van der Waals surface area contributed by atoms with Crippen molar-refractivity contribution in [3.8, 4) is 6.07 Å². The van der Waals surface area contributed by atoms with Gasteiger partial charge in [0.05, 0.1) is 10.7 Å². The Balaban J connectivity index is 1.67. The molecule has 0 aliphatic carbocycles. The summed E-state index contributed by atoms with van der Waals surface area (Å²) in [6, 6.07) is 2.31. The Kier molecular flexibility index (Phi) is 6.48. The molecular formula is C21H28N6OS. The third-order valence-electron chi connectivity index (χ3n) is 4.96. The van der Waals surface area contributed by atoms with Crippen LogP contribution in [-0.2, 0) is 4.79 Å². The predicted molar refractivity (Wildman–Crippen MR) is 116 cm³/mol. The Labute approximate surface area is 176 Å². The molecule has 1 amide bonds. The Morgan fingerprint density at radius 1 is 1.45 bits per heavy atom. The van der Waals surface area contributed by atoms with Crippen molar-refractivity contribution in [2.24, 2.45) is 5.41 Å². The van der Waals surface area contributed by atoms with Crippen LogP contribution >= 0.6 is 11.8 Å². The van der Waals surface area contributed by atoms with E-state index in [-0.39, 0.29) is 11.3 Å². The lowest BCUT2D eigenvalue weighted by Gasteiger charge is -2.20. The first-order valence-electron chi connectivity index (χ1n) is 9.94. The lowest BCUT2D eigenvalue weighted by Crippen LogP contribution is -2.27. The highest BCUT2D eigenvalue weighted by Crippen LogP contribution is 2.38. The first-order valence-corrected chi connectivity index (χ1v) is 10.8.